The zero-order valence-corrected chi connectivity index (χ0v) is 9.33. The van der Waals surface area contributed by atoms with Gasteiger partial charge in [0.25, 0.3) is 0 Å². The minimum atomic E-state index is 0. The first kappa shape index (κ1) is 11.8. The van der Waals surface area contributed by atoms with Crippen molar-refractivity contribution < 1.29 is 4.74 Å². The largest absolute Gasteiger partial charge is 0.497 e. The van der Waals surface area contributed by atoms with Crippen LogP contribution in [0.5, 0.6) is 5.75 Å². The summed E-state index contributed by atoms with van der Waals surface area (Å²) in [5.74, 6) is 0.844. The fourth-order valence-corrected chi connectivity index (χ4v) is 1.48. The summed E-state index contributed by atoms with van der Waals surface area (Å²) >= 11 is 0. The van der Waals surface area contributed by atoms with Gasteiger partial charge in [-0.25, -0.2) is 0 Å². The average molecular weight is 228 g/mol. The molecule has 1 aromatic heterocycles. The maximum absolute atomic E-state index is 5.49. The number of hydrogen-bond donors (Lipinski definition) is 1. The first-order chi connectivity index (χ1) is 6.85. The Morgan fingerprint density at radius 3 is 2.93 bits per heavy atom. The van der Waals surface area contributed by atoms with Crippen molar-refractivity contribution in [3.8, 4) is 5.75 Å². The number of methoxy groups -OCH3 is 1. The van der Waals surface area contributed by atoms with Crippen LogP contribution in [0.15, 0.2) is 24.4 Å². The van der Waals surface area contributed by atoms with Crippen LogP contribution in [0.4, 0.5) is 0 Å². The third-order valence-electron chi connectivity index (χ3n) is 2.19. The maximum atomic E-state index is 5.49. The molecule has 5 heteroatoms. The molecule has 0 saturated heterocycles. The summed E-state index contributed by atoms with van der Waals surface area (Å²) in [6.07, 6.45) is 1.84. The van der Waals surface area contributed by atoms with Crippen LogP contribution in [0, 0.1) is 0 Å². The molecule has 2 N–H and O–H groups in total. The van der Waals surface area contributed by atoms with Crippen molar-refractivity contribution >= 4 is 23.3 Å². The Labute approximate surface area is 94.4 Å². The molecule has 0 aliphatic carbocycles. The molecule has 2 aromatic rings. The number of hydrogen-bond acceptors (Lipinski definition) is 3. The Morgan fingerprint density at radius 1 is 1.47 bits per heavy atom. The van der Waals surface area contributed by atoms with Gasteiger partial charge in [0.15, 0.2) is 0 Å². The van der Waals surface area contributed by atoms with Gasteiger partial charge < -0.3 is 10.5 Å². The molecule has 0 radical (unpaired) electrons. The van der Waals surface area contributed by atoms with Gasteiger partial charge in [0.1, 0.15) is 5.75 Å². The third kappa shape index (κ3) is 2.22. The summed E-state index contributed by atoms with van der Waals surface area (Å²) in [5.41, 5.74) is 6.55. The van der Waals surface area contributed by atoms with Crippen LogP contribution in [-0.4, -0.2) is 23.4 Å². The molecule has 0 aliphatic rings. The van der Waals surface area contributed by atoms with E-state index in [0.717, 1.165) is 23.2 Å². The lowest BCUT2D eigenvalue weighted by Crippen LogP contribution is -2.10. The molecular formula is C10H14ClN3O. The first-order valence-electron chi connectivity index (χ1n) is 4.55. The number of fused-ring (bicyclic) bond motifs is 1. The number of aromatic nitrogens is 2. The number of halogens is 1. The van der Waals surface area contributed by atoms with Crippen LogP contribution in [-0.2, 0) is 6.54 Å². The lowest BCUT2D eigenvalue weighted by atomic mass is 10.2. The molecule has 0 unspecified atom stereocenters. The first-order valence-corrected chi connectivity index (χ1v) is 4.55. The van der Waals surface area contributed by atoms with Crippen LogP contribution in [0.1, 0.15) is 0 Å². The fourth-order valence-electron chi connectivity index (χ4n) is 1.48. The third-order valence-corrected chi connectivity index (χ3v) is 2.19. The smallest absolute Gasteiger partial charge is 0.121 e. The van der Waals surface area contributed by atoms with E-state index in [-0.39, 0.29) is 12.4 Å². The second kappa shape index (κ2) is 5.00. The summed E-state index contributed by atoms with van der Waals surface area (Å²) < 4.78 is 7.04. The summed E-state index contributed by atoms with van der Waals surface area (Å²) in [5, 5.41) is 5.35. The Kier molecular flexibility index (Phi) is 3.94. The molecule has 0 atom stereocenters. The van der Waals surface area contributed by atoms with Crippen molar-refractivity contribution in [2.24, 2.45) is 5.73 Å². The molecule has 82 valence electrons. The molecule has 0 fully saturated rings. The molecule has 0 spiro atoms. The van der Waals surface area contributed by atoms with E-state index in [2.05, 4.69) is 5.10 Å². The van der Waals surface area contributed by atoms with E-state index in [1.54, 1.807) is 7.11 Å². The van der Waals surface area contributed by atoms with Crippen LogP contribution in [0.25, 0.3) is 10.9 Å². The van der Waals surface area contributed by atoms with E-state index in [1.807, 2.05) is 29.1 Å². The van der Waals surface area contributed by atoms with Gasteiger partial charge in [0, 0.05) is 18.0 Å². The summed E-state index contributed by atoms with van der Waals surface area (Å²) in [6, 6.07) is 5.89. The number of nitrogens with zero attached hydrogens (tertiary/aromatic N) is 2. The molecule has 1 aromatic carbocycles. The minimum Gasteiger partial charge on any atom is -0.497 e. The zero-order valence-electron chi connectivity index (χ0n) is 8.51. The second-order valence-electron chi connectivity index (χ2n) is 3.08. The van der Waals surface area contributed by atoms with Crippen molar-refractivity contribution in [1.29, 1.82) is 0 Å². The molecule has 15 heavy (non-hydrogen) atoms. The predicted molar refractivity (Wildman–Crippen MR) is 62.6 cm³/mol. The van der Waals surface area contributed by atoms with Gasteiger partial charge in [-0.05, 0) is 12.1 Å². The maximum Gasteiger partial charge on any atom is 0.121 e. The number of rotatable bonds is 3. The second-order valence-corrected chi connectivity index (χ2v) is 3.08. The van der Waals surface area contributed by atoms with Gasteiger partial charge in [-0.1, -0.05) is 0 Å². The van der Waals surface area contributed by atoms with E-state index in [9.17, 15) is 0 Å². The Bertz CT molecular complexity index is 441. The lowest BCUT2D eigenvalue weighted by Gasteiger charge is -2.02. The average Bonchev–Trinajstić information content (AvgIpc) is 2.61. The predicted octanol–water partition coefficient (Wildman–Crippen LogP) is 1.43. The molecular weight excluding hydrogens is 214 g/mol. The van der Waals surface area contributed by atoms with Crippen molar-refractivity contribution in [3.05, 3.63) is 24.4 Å². The van der Waals surface area contributed by atoms with Crippen LogP contribution in [0.3, 0.4) is 0 Å². The van der Waals surface area contributed by atoms with Gasteiger partial charge in [0.2, 0.25) is 0 Å². The molecule has 1 heterocycles. The molecule has 2 rings (SSSR count). The highest BCUT2D eigenvalue weighted by Crippen LogP contribution is 2.19. The SMILES string of the molecule is COc1ccc2cnn(CCN)c2c1.Cl. The Hall–Kier alpha value is -1.26. The highest BCUT2D eigenvalue weighted by Gasteiger charge is 2.02. The van der Waals surface area contributed by atoms with Gasteiger partial charge in [-0.2, -0.15) is 5.10 Å². The van der Waals surface area contributed by atoms with Crippen LogP contribution < -0.4 is 10.5 Å². The highest BCUT2D eigenvalue weighted by molar-refractivity contribution is 5.85. The van der Waals surface area contributed by atoms with E-state index in [1.165, 1.54) is 0 Å². The fraction of sp³-hybridized carbons (Fsp3) is 0.300. The van der Waals surface area contributed by atoms with Crippen molar-refractivity contribution in [2.75, 3.05) is 13.7 Å². The van der Waals surface area contributed by atoms with Gasteiger partial charge in [-0.3, -0.25) is 4.68 Å². The highest BCUT2D eigenvalue weighted by atomic mass is 35.5. The minimum absolute atomic E-state index is 0. The normalized spacial score (nSPS) is 10.0. The Morgan fingerprint density at radius 2 is 2.27 bits per heavy atom. The van der Waals surface area contributed by atoms with Crippen molar-refractivity contribution in [2.45, 2.75) is 6.54 Å². The van der Waals surface area contributed by atoms with Crippen molar-refractivity contribution in [1.82, 2.24) is 9.78 Å². The van der Waals surface area contributed by atoms with E-state index < -0.39 is 0 Å². The topological polar surface area (TPSA) is 53.1 Å². The van der Waals surface area contributed by atoms with Crippen molar-refractivity contribution in [3.63, 3.8) is 0 Å². The van der Waals surface area contributed by atoms with Gasteiger partial charge in [0.05, 0.1) is 25.4 Å². The van der Waals surface area contributed by atoms with Crippen LogP contribution in [0.2, 0.25) is 0 Å². The molecule has 0 bridgehead atoms. The Balaban J connectivity index is 0.00000112. The quantitative estimate of drug-likeness (QED) is 0.863. The zero-order chi connectivity index (χ0) is 9.97. The number of nitrogens with two attached hydrogens (primary N) is 1. The summed E-state index contributed by atoms with van der Waals surface area (Å²) in [4.78, 5) is 0. The van der Waals surface area contributed by atoms with E-state index in [4.69, 9.17) is 10.5 Å². The molecule has 0 amide bonds. The summed E-state index contributed by atoms with van der Waals surface area (Å²) in [7, 11) is 1.66. The lowest BCUT2D eigenvalue weighted by molar-refractivity contribution is 0.415. The number of benzene rings is 1. The van der Waals surface area contributed by atoms with Gasteiger partial charge >= 0.3 is 0 Å². The monoisotopic (exact) mass is 227 g/mol. The molecule has 0 saturated carbocycles. The van der Waals surface area contributed by atoms with E-state index >= 15 is 0 Å². The van der Waals surface area contributed by atoms with Gasteiger partial charge in [-0.15, -0.1) is 12.4 Å². The molecule has 4 nitrogen and oxygen atoms in total. The van der Waals surface area contributed by atoms with Crippen LogP contribution >= 0.6 is 12.4 Å². The molecule has 0 aliphatic heterocycles. The standard InChI is InChI=1S/C10H13N3O.ClH/c1-14-9-3-2-8-7-12-13(5-4-11)10(8)6-9;/h2-3,6-7H,4-5,11H2,1H3;1H. The summed E-state index contributed by atoms with van der Waals surface area (Å²) in [6.45, 7) is 1.32. The number of ether oxygens (including phenoxy) is 1. The van der Waals surface area contributed by atoms with E-state index in [0.29, 0.717) is 6.54 Å².